The monoisotopic (exact) mass is 297 g/mol. The summed E-state index contributed by atoms with van der Waals surface area (Å²) in [7, 11) is 0. The van der Waals surface area contributed by atoms with E-state index in [1.54, 1.807) is 0 Å². The van der Waals surface area contributed by atoms with Crippen LogP contribution in [0.15, 0.2) is 0 Å². The second-order valence-corrected chi connectivity index (χ2v) is 5.31. The number of anilines is 2. The maximum Gasteiger partial charge on any atom is 0.240 e. The molecule has 2 rings (SSSR count). The molecule has 0 aliphatic carbocycles. The van der Waals surface area contributed by atoms with Gasteiger partial charge in [-0.05, 0) is 12.8 Å². The Kier molecular flexibility index (Phi) is 4.78. The van der Waals surface area contributed by atoms with Gasteiger partial charge in [0.2, 0.25) is 11.6 Å². The number of hydrogen-bond donors (Lipinski definition) is 2. The molecule has 22 heavy (non-hydrogen) atoms. The Bertz CT molecular complexity index is 694. The number of aromatic nitrogens is 1. The average molecular weight is 297 g/mol. The zero-order chi connectivity index (χ0) is 16.1. The number of nitrogen functional groups attached to an aromatic ring is 1. The minimum absolute atomic E-state index is 0.0467. The standard InChI is InChI=1S/C15H16N6O/c16-4-3-11-12(6-17)14(19)20-15(13(11)7-18)21-5-1-2-10(8-21)9-22/h10,22H,1-3,5,8-9H2,(H2,19,20)/p+1/t10-/m0/s1. The topological polar surface area (TPSA) is 135 Å². The number of piperidine rings is 1. The van der Waals surface area contributed by atoms with Gasteiger partial charge in [0.1, 0.15) is 23.3 Å². The minimum atomic E-state index is -0.0467. The number of aliphatic hydroxyl groups is 1. The van der Waals surface area contributed by atoms with Crippen molar-refractivity contribution >= 4 is 11.6 Å². The SMILES string of the molecule is N#CCc1c(C#N)c(N)[nH+]c(N2CCC[C@H](CO)C2)c1C#N. The van der Waals surface area contributed by atoms with Crippen molar-refractivity contribution in [3.8, 4) is 18.2 Å². The van der Waals surface area contributed by atoms with Crippen LogP contribution in [0.5, 0.6) is 0 Å². The van der Waals surface area contributed by atoms with E-state index in [9.17, 15) is 15.6 Å². The van der Waals surface area contributed by atoms with Crippen molar-refractivity contribution in [1.29, 1.82) is 15.8 Å². The highest BCUT2D eigenvalue weighted by atomic mass is 16.3. The van der Waals surface area contributed by atoms with E-state index in [1.807, 2.05) is 17.0 Å². The molecule has 1 aromatic rings. The fraction of sp³-hybridized carbons (Fsp3) is 0.467. The molecular weight excluding hydrogens is 280 g/mol. The van der Waals surface area contributed by atoms with Crippen molar-refractivity contribution < 1.29 is 10.1 Å². The van der Waals surface area contributed by atoms with Crippen molar-refractivity contribution in [1.82, 2.24) is 0 Å². The van der Waals surface area contributed by atoms with E-state index in [1.165, 1.54) is 0 Å². The van der Waals surface area contributed by atoms with E-state index >= 15 is 0 Å². The lowest BCUT2D eigenvalue weighted by Crippen LogP contribution is -2.41. The molecule has 7 heteroatoms. The number of nitrogens with two attached hydrogens (primary N) is 1. The third-order valence-corrected chi connectivity index (χ3v) is 3.94. The highest BCUT2D eigenvalue weighted by Gasteiger charge is 2.30. The number of nitriles is 3. The molecule has 0 saturated carbocycles. The maximum absolute atomic E-state index is 9.48. The van der Waals surface area contributed by atoms with Crippen molar-refractivity contribution in [3.05, 3.63) is 16.7 Å². The lowest BCUT2D eigenvalue weighted by atomic mass is 9.96. The summed E-state index contributed by atoms with van der Waals surface area (Å²) in [6.07, 6.45) is 1.79. The lowest BCUT2D eigenvalue weighted by molar-refractivity contribution is -0.347. The van der Waals surface area contributed by atoms with E-state index in [2.05, 4.69) is 11.1 Å². The summed E-state index contributed by atoms with van der Waals surface area (Å²) >= 11 is 0. The first-order valence-electron chi connectivity index (χ1n) is 7.06. The Morgan fingerprint density at radius 2 is 2.00 bits per heavy atom. The van der Waals surface area contributed by atoms with Crippen LogP contribution in [-0.2, 0) is 6.42 Å². The largest absolute Gasteiger partial charge is 0.396 e. The zero-order valence-corrected chi connectivity index (χ0v) is 12.1. The fourth-order valence-electron chi connectivity index (χ4n) is 2.84. The molecule has 1 aliphatic rings. The predicted octanol–water partition coefficient (Wildman–Crippen LogP) is 0.101. The molecule has 1 saturated heterocycles. The highest BCUT2D eigenvalue weighted by Crippen LogP contribution is 2.28. The number of aliphatic hydroxyl groups excluding tert-OH is 1. The lowest BCUT2D eigenvalue weighted by Gasteiger charge is -2.29. The Morgan fingerprint density at radius 3 is 2.59 bits per heavy atom. The molecule has 0 aromatic carbocycles. The number of pyridine rings is 1. The molecule has 0 radical (unpaired) electrons. The van der Waals surface area contributed by atoms with Crippen LogP contribution in [0.3, 0.4) is 0 Å². The van der Waals surface area contributed by atoms with Crippen molar-refractivity contribution in [2.45, 2.75) is 19.3 Å². The molecular formula is C15H17N6O+. The van der Waals surface area contributed by atoms with Gasteiger partial charge in [0.15, 0.2) is 0 Å². The van der Waals surface area contributed by atoms with Gasteiger partial charge < -0.3 is 10.8 Å². The molecule has 7 nitrogen and oxygen atoms in total. The molecule has 0 spiro atoms. The highest BCUT2D eigenvalue weighted by molar-refractivity contribution is 5.64. The molecule has 4 N–H and O–H groups in total. The second-order valence-electron chi connectivity index (χ2n) is 5.31. The third kappa shape index (κ3) is 2.79. The summed E-state index contributed by atoms with van der Waals surface area (Å²) in [4.78, 5) is 4.89. The molecule has 1 aliphatic heterocycles. The van der Waals surface area contributed by atoms with Gasteiger partial charge in [0.05, 0.1) is 25.6 Å². The van der Waals surface area contributed by atoms with Gasteiger partial charge in [-0.1, -0.05) is 0 Å². The first-order chi connectivity index (χ1) is 10.7. The first kappa shape index (κ1) is 15.6. The van der Waals surface area contributed by atoms with Crippen LogP contribution in [0.4, 0.5) is 11.6 Å². The van der Waals surface area contributed by atoms with Crippen LogP contribution in [0.1, 0.15) is 29.5 Å². The van der Waals surface area contributed by atoms with Crippen LogP contribution in [-0.4, -0.2) is 24.8 Å². The minimum Gasteiger partial charge on any atom is -0.396 e. The van der Waals surface area contributed by atoms with Crippen molar-refractivity contribution in [2.75, 3.05) is 30.3 Å². The van der Waals surface area contributed by atoms with Crippen LogP contribution in [0.2, 0.25) is 0 Å². The van der Waals surface area contributed by atoms with Gasteiger partial charge in [0.25, 0.3) is 0 Å². The molecule has 0 bridgehead atoms. The molecule has 1 fully saturated rings. The van der Waals surface area contributed by atoms with Gasteiger partial charge >= 0.3 is 0 Å². The van der Waals surface area contributed by atoms with Gasteiger partial charge in [0, 0.05) is 18.1 Å². The Balaban J connectivity index is 2.55. The summed E-state index contributed by atoms with van der Waals surface area (Å²) in [5, 5.41) is 37.0. The second kappa shape index (κ2) is 6.76. The molecule has 0 amide bonds. The predicted molar refractivity (Wildman–Crippen MR) is 78.2 cm³/mol. The van der Waals surface area contributed by atoms with Crippen LogP contribution < -0.4 is 15.6 Å². The number of nitrogens with zero attached hydrogens (tertiary/aromatic N) is 4. The number of rotatable bonds is 3. The average Bonchev–Trinajstić information content (AvgIpc) is 2.55. The van der Waals surface area contributed by atoms with E-state index in [0.29, 0.717) is 17.9 Å². The van der Waals surface area contributed by atoms with Crippen molar-refractivity contribution in [3.63, 3.8) is 0 Å². The van der Waals surface area contributed by atoms with Gasteiger partial charge in [-0.3, -0.25) is 4.90 Å². The molecule has 0 unspecified atom stereocenters. The summed E-state index contributed by atoms with van der Waals surface area (Å²) in [6.45, 7) is 1.44. The molecule has 1 aromatic heterocycles. The summed E-state index contributed by atoms with van der Waals surface area (Å²) < 4.78 is 0. The Labute approximate surface area is 128 Å². The van der Waals surface area contributed by atoms with E-state index in [0.717, 1.165) is 19.4 Å². The Morgan fingerprint density at radius 1 is 1.27 bits per heavy atom. The quantitative estimate of drug-likeness (QED) is 0.812. The van der Waals surface area contributed by atoms with E-state index in [4.69, 9.17) is 11.0 Å². The molecule has 112 valence electrons. The Hall–Kier alpha value is -2.82. The smallest absolute Gasteiger partial charge is 0.240 e. The molecule has 2 heterocycles. The zero-order valence-electron chi connectivity index (χ0n) is 12.1. The number of nitrogens with one attached hydrogen (secondary N) is 1. The van der Waals surface area contributed by atoms with Gasteiger partial charge in [-0.15, -0.1) is 0 Å². The number of hydrogen-bond acceptors (Lipinski definition) is 6. The third-order valence-electron chi connectivity index (χ3n) is 3.94. The van der Waals surface area contributed by atoms with Crippen LogP contribution >= 0.6 is 0 Å². The summed E-state index contributed by atoms with van der Waals surface area (Å²) in [5.41, 5.74) is 6.69. The van der Waals surface area contributed by atoms with Gasteiger partial charge in [-0.25, -0.2) is 4.98 Å². The number of H-pyrrole nitrogens is 1. The maximum atomic E-state index is 9.48. The normalized spacial score (nSPS) is 17.4. The summed E-state index contributed by atoms with van der Waals surface area (Å²) in [5.74, 6) is 0.834. The first-order valence-corrected chi connectivity index (χ1v) is 7.06. The number of aromatic amines is 1. The van der Waals surface area contributed by atoms with Gasteiger partial charge in [-0.2, -0.15) is 15.8 Å². The van der Waals surface area contributed by atoms with Crippen molar-refractivity contribution in [2.24, 2.45) is 5.92 Å². The summed E-state index contributed by atoms with van der Waals surface area (Å²) in [6, 6.07) is 6.02. The van der Waals surface area contributed by atoms with Crippen LogP contribution in [0.25, 0.3) is 0 Å². The fourth-order valence-corrected chi connectivity index (χ4v) is 2.84. The van der Waals surface area contributed by atoms with E-state index < -0.39 is 0 Å². The molecule has 1 atom stereocenters. The van der Waals surface area contributed by atoms with Crippen LogP contribution in [0, 0.1) is 39.9 Å². The van der Waals surface area contributed by atoms with E-state index in [-0.39, 0.29) is 35.9 Å².